The van der Waals surface area contributed by atoms with E-state index in [1.54, 1.807) is 12.4 Å². The van der Waals surface area contributed by atoms with Gasteiger partial charge >= 0.3 is 5.97 Å². The van der Waals surface area contributed by atoms with Crippen LogP contribution in [0.25, 0.3) is 22.2 Å². The molecule has 94 valence electrons. The average Bonchev–Trinajstić information content (AvgIpc) is 2.90. The summed E-state index contributed by atoms with van der Waals surface area (Å²) in [7, 11) is 1.33. The number of esters is 1. The Morgan fingerprint density at radius 3 is 2.68 bits per heavy atom. The largest absolute Gasteiger partial charge is 0.463 e. The van der Waals surface area contributed by atoms with E-state index in [4.69, 9.17) is 0 Å². The van der Waals surface area contributed by atoms with Crippen molar-refractivity contribution in [3.05, 3.63) is 48.5 Å². The molecule has 0 saturated carbocycles. The van der Waals surface area contributed by atoms with Gasteiger partial charge in [0.2, 0.25) is 5.82 Å². The summed E-state index contributed by atoms with van der Waals surface area (Å²) < 4.78 is 4.64. The van der Waals surface area contributed by atoms with Crippen molar-refractivity contribution in [1.29, 1.82) is 0 Å². The smallest absolute Gasteiger partial charge is 0.374 e. The quantitative estimate of drug-likeness (QED) is 0.712. The van der Waals surface area contributed by atoms with Crippen molar-refractivity contribution in [2.24, 2.45) is 0 Å². The standard InChI is InChI=1S/C14H11N3O2/c1-19-14(18)13-16-11-3-2-10(8-12(11)17-13)9-4-6-15-7-5-9/h2-8H,1H3,(H,16,17). The van der Waals surface area contributed by atoms with E-state index in [0.29, 0.717) is 0 Å². The van der Waals surface area contributed by atoms with Crippen LogP contribution in [-0.4, -0.2) is 28.0 Å². The molecule has 0 saturated heterocycles. The number of benzene rings is 1. The van der Waals surface area contributed by atoms with Gasteiger partial charge in [-0.2, -0.15) is 0 Å². The maximum Gasteiger partial charge on any atom is 0.374 e. The third-order valence-corrected chi connectivity index (χ3v) is 2.87. The molecule has 3 aromatic rings. The zero-order chi connectivity index (χ0) is 13.2. The summed E-state index contributed by atoms with van der Waals surface area (Å²) >= 11 is 0. The van der Waals surface area contributed by atoms with Gasteiger partial charge in [-0.05, 0) is 35.4 Å². The molecule has 5 heteroatoms. The van der Waals surface area contributed by atoms with Crippen molar-refractivity contribution in [3.63, 3.8) is 0 Å². The lowest BCUT2D eigenvalue weighted by molar-refractivity contribution is 0.0588. The number of methoxy groups -OCH3 is 1. The van der Waals surface area contributed by atoms with Crippen LogP contribution in [-0.2, 0) is 4.74 Å². The molecule has 0 unspecified atom stereocenters. The molecule has 5 nitrogen and oxygen atoms in total. The highest BCUT2D eigenvalue weighted by Crippen LogP contribution is 2.22. The highest BCUT2D eigenvalue weighted by Gasteiger charge is 2.11. The number of hydrogen-bond donors (Lipinski definition) is 1. The van der Waals surface area contributed by atoms with Gasteiger partial charge in [0.15, 0.2) is 0 Å². The minimum absolute atomic E-state index is 0.212. The second-order valence-corrected chi connectivity index (χ2v) is 4.04. The van der Waals surface area contributed by atoms with Crippen molar-refractivity contribution >= 4 is 17.0 Å². The van der Waals surface area contributed by atoms with Gasteiger partial charge in [-0.1, -0.05) is 6.07 Å². The van der Waals surface area contributed by atoms with E-state index < -0.39 is 5.97 Å². The van der Waals surface area contributed by atoms with E-state index in [2.05, 4.69) is 19.7 Å². The number of nitrogens with one attached hydrogen (secondary N) is 1. The van der Waals surface area contributed by atoms with Crippen molar-refractivity contribution in [2.45, 2.75) is 0 Å². The normalized spacial score (nSPS) is 10.6. The van der Waals surface area contributed by atoms with E-state index >= 15 is 0 Å². The monoisotopic (exact) mass is 253 g/mol. The molecular formula is C14H11N3O2. The van der Waals surface area contributed by atoms with Gasteiger partial charge in [0, 0.05) is 12.4 Å². The summed E-state index contributed by atoms with van der Waals surface area (Å²) in [6.45, 7) is 0. The summed E-state index contributed by atoms with van der Waals surface area (Å²) in [6.07, 6.45) is 3.48. The molecule has 0 fully saturated rings. The number of rotatable bonds is 2. The molecule has 0 aliphatic heterocycles. The molecule has 0 bridgehead atoms. The van der Waals surface area contributed by atoms with E-state index in [1.165, 1.54) is 7.11 Å². The third-order valence-electron chi connectivity index (χ3n) is 2.87. The molecular weight excluding hydrogens is 242 g/mol. The second-order valence-electron chi connectivity index (χ2n) is 4.04. The topological polar surface area (TPSA) is 67.9 Å². The minimum Gasteiger partial charge on any atom is -0.463 e. The van der Waals surface area contributed by atoms with Gasteiger partial charge in [-0.15, -0.1) is 0 Å². The SMILES string of the molecule is COC(=O)c1nc2ccc(-c3ccncc3)cc2[nH]1. The number of aromatic amines is 1. The molecule has 0 atom stereocenters. The molecule has 2 heterocycles. The van der Waals surface area contributed by atoms with Crippen LogP contribution in [0.1, 0.15) is 10.6 Å². The van der Waals surface area contributed by atoms with Crippen LogP contribution in [0, 0.1) is 0 Å². The first-order valence-corrected chi connectivity index (χ1v) is 5.76. The maximum absolute atomic E-state index is 11.4. The summed E-state index contributed by atoms with van der Waals surface area (Å²) in [6, 6.07) is 9.63. The molecule has 0 amide bonds. The molecule has 19 heavy (non-hydrogen) atoms. The number of H-pyrrole nitrogens is 1. The molecule has 2 aromatic heterocycles. The Morgan fingerprint density at radius 1 is 1.16 bits per heavy atom. The van der Waals surface area contributed by atoms with Crippen LogP contribution in [0.2, 0.25) is 0 Å². The zero-order valence-corrected chi connectivity index (χ0v) is 10.3. The lowest BCUT2D eigenvalue weighted by Gasteiger charge is -2.00. The first-order valence-electron chi connectivity index (χ1n) is 5.76. The molecule has 0 aliphatic rings. The second kappa shape index (κ2) is 4.53. The lowest BCUT2D eigenvalue weighted by atomic mass is 10.1. The Morgan fingerprint density at radius 2 is 1.95 bits per heavy atom. The number of ether oxygens (including phenoxy) is 1. The summed E-state index contributed by atoms with van der Waals surface area (Å²) in [5.74, 6) is -0.258. The molecule has 0 aliphatic carbocycles. The van der Waals surface area contributed by atoms with Crippen LogP contribution in [0.15, 0.2) is 42.7 Å². The number of aromatic nitrogens is 3. The molecule has 3 rings (SSSR count). The van der Waals surface area contributed by atoms with Crippen LogP contribution in [0.3, 0.4) is 0 Å². The fourth-order valence-electron chi connectivity index (χ4n) is 1.93. The highest BCUT2D eigenvalue weighted by molar-refractivity contribution is 5.91. The number of fused-ring (bicyclic) bond motifs is 1. The number of carbonyl (C=O) groups is 1. The number of imidazole rings is 1. The number of nitrogens with zero attached hydrogens (tertiary/aromatic N) is 2. The Kier molecular flexibility index (Phi) is 2.72. The van der Waals surface area contributed by atoms with Gasteiger partial charge in [0.1, 0.15) is 0 Å². The number of carbonyl (C=O) groups excluding carboxylic acids is 1. The Balaban J connectivity index is 2.09. The van der Waals surface area contributed by atoms with Crippen molar-refractivity contribution in [3.8, 4) is 11.1 Å². The van der Waals surface area contributed by atoms with Gasteiger partial charge < -0.3 is 9.72 Å². The Hall–Kier alpha value is -2.69. The van der Waals surface area contributed by atoms with Crippen molar-refractivity contribution in [1.82, 2.24) is 15.0 Å². The van der Waals surface area contributed by atoms with Gasteiger partial charge in [-0.3, -0.25) is 4.98 Å². The molecule has 1 aromatic carbocycles. The fraction of sp³-hybridized carbons (Fsp3) is 0.0714. The number of pyridine rings is 1. The van der Waals surface area contributed by atoms with E-state index in [-0.39, 0.29) is 5.82 Å². The van der Waals surface area contributed by atoms with E-state index in [0.717, 1.165) is 22.2 Å². The first-order chi connectivity index (χ1) is 9.28. The maximum atomic E-state index is 11.4. The summed E-state index contributed by atoms with van der Waals surface area (Å²) in [5, 5.41) is 0. The number of hydrogen-bond acceptors (Lipinski definition) is 4. The summed E-state index contributed by atoms with van der Waals surface area (Å²) in [5.41, 5.74) is 3.63. The van der Waals surface area contributed by atoms with Gasteiger partial charge in [0.25, 0.3) is 0 Å². The Labute approximate surface area is 109 Å². The molecule has 0 radical (unpaired) electrons. The van der Waals surface area contributed by atoms with Crippen molar-refractivity contribution < 1.29 is 9.53 Å². The zero-order valence-electron chi connectivity index (χ0n) is 10.3. The van der Waals surface area contributed by atoms with Gasteiger partial charge in [-0.25, -0.2) is 9.78 Å². The lowest BCUT2D eigenvalue weighted by Crippen LogP contribution is -2.02. The summed E-state index contributed by atoms with van der Waals surface area (Å²) in [4.78, 5) is 22.5. The predicted octanol–water partition coefficient (Wildman–Crippen LogP) is 2.41. The highest BCUT2D eigenvalue weighted by atomic mass is 16.5. The van der Waals surface area contributed by atoms with Crippen LogP contribution in [0.5, 0.6) is 0 Å². The molecule has 0 spiro atoms. The average molecular weight is 253 g/mol. The van der Waals surface area contributed by atoms with E-state index in [1.807, 2.05) is 30.3 Å². The van der Waals surface area contributed by atoms with Crippen LogP contribution in [0.4, 0.5) is 0 Å². The van der Waals surface area contributed by atoms with Crippen molar-refractivity contribution in [2.75, 3.05) is 7.11 Å². The minimum atomic E-state index is -0.471. The fourth-order valence-corrected chi connectivity index (χ4v) is 1.93. The van der Waals surface area contributed by atoms with Crippen LogP contribution >= 0.6 is 0 Å². The molecule has 1 N–H and O–H groups in total. The third kappa shape index (κ3) is 2.06. The predicted molar refractivity (Wildman–Crippen MR) is 70.7 cm³/mol. The van der Waals surface area contributed by atoms with Crippen LogP contribution < -0.4 is 0 Å². The first kappa shape index (κ1) is 11.4. The Bertz CT molecular complexity index is 735. The van der Waals surface area contributed by atoms with Gasteiger partial charge in [0.05, 0.1) is 18.1 Å². The van der Waals surface area contributed by atoms with E-state index in [9.17, 15) is 4.79 Å².